The zero-order valence-electron chi connectivity index (χ0n) is 9.80. The molecule has 0 aliphatic carbocycles. The number of carboxylic acids is 1. The number of hydrogen-bond acceptors (Lipinski definition) is 4. The number of benzene rings is 1. The predicted molar refractivity (Wildman–Crippen MR) is 67.9 cm³/mol. The summed E-state index contributed by atoms with van der Waals surface area (Å²) in [6.45, 7) is 7.81. The molecular weight excluding hydrogens is 246 g/mol. The largest absolute Gasteiger partial charge is 0.479 e. The van der Waals surface area contributed by atoms with Crippen LogP contribution in [-0.4, -0.2) is 16.1 Å². The minimum Gasteiger partial charge on any atom is -0.479 e. The number of aromatic nitrogens is 1. The normalized spacial score (nSPS) is 13.2. The molecule has 1 aliphatic rings. The zero-order chi connectivity index (χ0) is 13.6. The Morgan fingerprint density at radius 3 is 2.84 bits per heavy atom. The van der Waals surface area contributed by atoms with Gasteiger partial charge in [-0.25, -0.2) is 14.6 Å². The number of anilines is 1. The topological polar surface area (TPSA) is 89.8 Å². The third-order valence-electron chi connectivity index (χ3n) is 3.20. The molecule has 0 amide bonds. The zero-order valence-corrected chi connectivity index (χ0v) is 9.80. The number of carbonyl (C=O) groups is 1. The molecule has 1 aromatic heterocycles. The van der Waals surface area contributed by atoms with E-state index in [9.17, 15) is 4.79 Å². The summed E-state index contributed by atoms with van der Waals surface area (Å²) in [5, 5.41) is 9.83. The van der Waals surface area contributed by atoms with Gasteiger partial charge in [0.15, 0.2) is 0 Å². The molecule has 19 heavy (non-hydrogen) atoms. The number of pyridine rings is 1. The van der Waals surface area contributed by atoms with Crippen molar-refractivity contribution in [2.45, 2.75) is 13.2 Å². The van der Waals surface area contributed by atoms with E-state index in [1.54, 1.807) is 0 Å². The Balaban J connectivity index is 2.42. The maximum Gasteiger partial charge on any atom is 0.325 e. The smallest absolute Gasteiger partial charge is 0.325 e. The molecule has 6 heteroatoms. The van der Waals surface area contributed by atoms with E-state index in [1.165, 1.54) is 12.1 Å². The standard InChI is InChI=1S/C13H9N3O3/c1-15-10-3-11-6(2-7(10)13(17)18)8-4-19-5-9(8)12(14)16-11/h2-3H,4-5H2,(H2,14,16)(H,17,18). The molecule has 2 aromatic rings. The van der Waals surface area contributed by atoms with E-state index in [4.69, 9.17) is 22.1 Å². The van der Waals surface area contributed by atoms with Gasteiger partial charge in [0.25, 0.3) is 0 Å². The number of hydrogen-bond donors (Lipinski definition) is 2. The monoisotopic (exact) mass is 255 g/mol. The van der Waals surface area contributed by atoms with Crippen LogP contribution in [0, 0.1) is 6.57 Å². The van der Waals surface area contributed by atoms with E-state index in [0.717, 1.165) is 11.1 Å². The van der Waals surface area contributed by atoms with Crippen molar-refractivity contribution in [3.8, 4) is 0 Å². The summed E-state index contributed by atoms with van der Waals surface area (Å²) in [5.74, 6) is -0.753. The molecule has 1 aromatic carbocycles. The quantitative estimate of drug-likeness (QED) is 0.761. The Bertz CT molecular complexity index is 762. The molecule has 2 heterocycles. The van der Waals surface area contributed by atoms with Crippen LogP contribution in [0.4, 0.5) is 11.5 Å². The Kier molecular flexibility index (Phi) is 2.37. The van der Waals surface area contributed by atoms with Gasteiger partial charge in [-0.05, 0) is 17.7 Å². The highest BCUT2D eigenvalue weighted by molar-refractivity contribution is 6.01. The number of fused-ring (bicyclic) bond motifs is 3. The van der Waals surface area contributed by atoms with Crippen molar-refractivity contribution in [2.24, 2.45) is 0 Å². The van der Waals surface area contributed by atoms with Gasteiger partial charge in [0.05, 0.1) is 30.9 Å². The van der Waals surface area contributed by atoms with E-state index in [0.29, 0.717) is 29.9 Å². The fourth-order valence-corrected chi connectivity index (χ4v) is 2.27. The number of ether oxygens (including phenoxy) is 1. The molecule has 3 N–H and O–H groups in total. The van der Waals surface area contributed by atoms with Gasteiger partial charge in [-0.3, -0.25) is 0 Å². The van der Waals surface area contributed by atoms with Gasteiger partial charge in [0.2, 0.25) is 5.69 Å². The molecule has 0 fully saturated rings. The van der Waals surface area contributed by atoms with Crippen LogP contribution in [0.5, 0.6) is 0 Å². The Hall–Kier alpha value is -2.65. The molecule has 3 rings (SSSR count). The maximum atomic E-state index is 11.2. The Labute approximate surface area is 108 Å². The second-order valence-electron chi connectivity index (χ2n) is 4.25. The average molecular weight is 255 g/mol. The number of carboxylic acid groups (broad SMARTS) is 1. The lowest BCUT2D eigenvalue weighted by Crippen LogP contribution is -2.01. The third kappa shape index (κ3) is 1.60. The second kappa shape index (κ2) is 3.93. The lowest BCUT2D eigenvalue weighted by molar-refractivity contribution is 0.0698. The average Bonchev–Trinajstić information content (AvgIpc) is 2.87. The van der Waals surface area contributed by atoms with Crippen LogP contribution >= 0.6 is 0 Å². The van der Waals surface area contributed by atoms with Crippen LogP contribution in [0.3, 0.4) is 0 Å². The van der Waals surface area contributed by atoms with Crippen molar-refractivity contribution in [1.29, 1.82) is 0 Å². The summed E-state index contributed by atoms with van der Waals surface area (Å²) < 4.78 is 5.33. The minimum absolute atomic E-state index is 0.0248. The van der Waals surface area contributed by atoms with Crippen LogP contribution in [0.15, 0.2) is 12.1 Å². The summed E-state index contributed by atoms with van der Waals surface area (Å²) in [5.41, 5.74) is 8.07. The summed E-state index contributed by atoms with van der Waals surface area (Å²) in [7, 11) is 0. The van der Waals surface area contributed by atoms with E-state index in [1.807, 2.05) is 0 Å². The Morgan fingerprint density at radius 2 is 2.16 bits per heavy atom. The van der Waals surface area contributed by atoms with Crippen LogP contribution in [0.2, 0.25) is 0 Å². The first-order chi connectivity index (χ1) is 9.11. The first-order valence-corrected chi connectivity index (χ1v) is 5.55. The molecule has 0 spiro atoms. The van der Waals surface area contributed by atoms with Crippen molar-refractivity contribution in [2.75, 3.05) is 5.73 Å². The van der Waals surface area contributed by atoms with Crippen molar-refractivity contribution >= 4 is 28.4 Å². The maximum absolute atomic E-state index is 11.2. The SMILES string of the molecule is [C-]#[N+]c1cc2nc(N)c3c(c2cc1C(=O)O)COC3. The van der Waals surface area contributed by atoms with Gasteiger partial charge >= 0.3 is 5.97 Å². The summed E-state index contributed by atoms with van der Waals surface area (Å²) in [4.78, 5) is 18.6. The molecule has 0 saturated carbocycles. The number of aromatic carboxylic acids is 1. The lowest BCUT2D eigenvalue weighted by Gasteiger charge is -2.08. The van der Waals surface area contributed by atoms with Crippen LogP contribution < -0.4 is 5.73 Å². The molecule has 0 saturated heterocycles. The summed E-state index contributed by atoms with van der Waals surface area (Å²) in [6, 6.07) is 2.94. The van der Waals surface area contributed by atoms with Crippen LogP contribution in [-0.2, 0) is 18.0 Å². The van der Waals surface area contributed by atoms with Gasteiger partial charge in [0.1, 0.15) is 5.82 Å². The first kappa shape index (κ1) is 11.4. The van der Waals surface area contributed by atoms with Gasteiger partial charge in [-0.1, -0.05) is 0 Å². The minimum atomic E-state index is -1.13. The van der Waals surface area contributed by atoms with Crippen LogP contribution in [0.25, 0.3) is 15.7 Å². The molecular formula is C13H9N3O3. The van der Waals surface area contributed by atoms with E-state index < -0.39 is 5.97 Å². The number of rotatable bonds is 1. The first-order valence-electron chi connectivity index (χ1n) is 5.55. The molecule has 94 valence electrons. The van der Waals surface area contributed by atoms with Gasteiger partial charge in [0, 0.05) is 10.9 Å². The highest BCUT2D eigenvalue weighted by Gasteiger charge is 2.21. The van der Waals surface area contributed by atoms with Crippen molar-refractivity contribution in [1.82, 2.24) is 4.98 Å². The van der Waals surface area contributed by atoms with E-state index >= 15 is 0 Å². The fourth-order valence-electron chi connectivity index (χ4n) is 2.27. The molecule has 0 bridgehead atoms. The summed E-state index contributed by atoms with van der Waals surface area (Å²) >= 11 is 0. The van der Waals surface area contributed by atoms with Crippen molar-refractivity contribution in [3.63, 3.8) is 0 Å². The van der Waals surface area contributed by atoms with E-state index in [-0.39, 0.29) is 11.3 Å². The van der Waals surface area contributed by atoms with Gasteiger partial charge in [-0.2, -0.15) is 0 Å². The summed E-state index contributed by atoms with van der Waals surface area (Å²) in [6.07, 6.45) is 0. The number of nitrogens with zero attached hydrogens (tertiary/aromatic N) is 2. The van der Waals surface area contributed by atoms with Gasteiger partial charge < -0.3 is 15.6 Å². The molecule has 1 aliphatic heterocycles. The lowest BCUT2D eigenvalue weighted by atomic mass is 10.0. The molecule has 6 nitrogen and oxygen atoms in total. The molecule has 0 radical (unpaired) electrons. The highest BCUT2D eigenvalue weighted by atomic mass is 16.5. The number of nitrogens with two attached hydrogens (primary N) is 1. The number of nitrogen functional groups attached to an aromatic ring is 1. The third-order valence-corrected chi connectivity index (χ3v) is 3.20. The molecule has 0 unspecified atom stereocenters. The van der Waals surface area contributed by atoms with Crippen molar-refractivity contribution in [3.05, 3.63) is 40.2 Å². The van der Waals surface area contributed by atoms with Crippen LogP contribution in [0.1, 0.15) is 21.5 Å². The highest BCUT2D eigenvalue weighted by Crippen LogP contribution is 2.34. The van der Waals surface area contributed by atoms with Gasteiger partial charge in [-0.15, -0.1) is 0 Å². The Morgan fingerprint density at radius 1 is 1.42 bits per heavy atom. The van der Waals surface area contributed by atoms with Crippen molar-refractivity contribution < 1.29 is 14.6 Å². The van der Waals surface area contributed by atoms with E-state index in [2.05, 4.69) is 9.83 Å². The molecule has 0 atom stereocenters. The fraction of sp³-hybridized carbons (Fsp3) is 0.154. The second-order valence-corrected chi connectivity index (χ2v) is 4.25. The predicted octanol–water partition coefficient (Wildman–Crippen LogP) is 2.10.